The van der Waals surface area contributed by atoms with Gasteiger partial charge in [0.25, 0.3) is 0 Å². The Bertz CT molecular complexity index is 1390. The van der Waals surface area contributed by atoms with E-state index in [9.17, 15) is 27.6 Å². The number of benzene rings is 2. The van der Waals surface area contributed by atoms with Gasteiger partial charge in [-0.25, -0.2) is 4.79 Å². The molecule has 1 aliphatic heterocycles. The molecule has 7 nitrogen and oxygen atoms in total. The number of alkyl halides is 3. The summed E-state index contributed by atoms with van der Waals surface area (Å²) < 4.78 is 58.5. The lowest BCUT2D eigenvalue weighted by Crippen LogP contribution is -2.43. The van der Waals surface area contributed by atoms with Crippen LogP contribution in [0.15, 0.2) is 71.1 Å². The van der Waals surface area contributed by atoms with Gasteiger partial charge in [0.2, 0.25) is 0 Å². The molecule has 4 rings (SSSR count). The zero-order valence-electron chi connectivity index (χ0n) is 22.6. The van der Waals surface area contributed by atoms with Crippen LogP contribution in [0.25, 0.3) is 0 Å². The predicted molar refractivity (Wildman–Crippen MR) is 139 cm³/mol. The van der Waals surface area contributed by atoms with Crippen molar-refractivity contribution in [1.29, 1.82) is 0 Å². The Balaban J connectivity index is 1.97. The number of dihydropyridines is 1. The third-order valence-electron chi connectivity index (χ3n) is 7.15. The topological polar surface area (TPSA) is 90.9 Å². The van der Waals surface area contributed by atoms with Crippen LogP contribution in [0.1, 0.15) is 55.7 Å². The molecule has 0 radical (unpaired) electrons. The first-order valence-corrected chi connectivity index (χ1v) is 12.9. The molecule has 0 unspecified atom stereocenters. The monoisotopic (exact) mass is 557 g/mol. The van der Waals surface area contributed by atoms with E-state index in [1.807, 2.05) is 0 Å². The Morgan fingerprint density at radius 3 is 2.38 bits per heavy atom. The van der Waals surface area contributed by atoms with E-state index >= 15 is 0 Å². The molecule has 3 atom stereocenters. The smallest absolute Gasteiger partial charge is 0.416 e. The van der Waals surface area contributed by atoms with E-state index in [1.54, 1.807) is 45.0 Å². The summed E-state index contributed by atoms with van der Waals surface area (Å²) in [6.45, 7) is 4.72. The van der Waals surface area contributed by atoms with Crippen LogP contribution in [0.4, 0.5) is 13.2 Å². The Kier molecular flexibility index (Phi) is 8.37. The lowest BCUT2D eigenvalue weighted by Gasteiger charge is -2.40. The summed E-state index contributed by atoms with van der Waals surface area (Å²) in [6.07, 6.45) is -4.66. The number of Topliss-reactive ketones (excluding diaryl/α,β-unsaturated/α-hetero) is 1. The van der Waals surface area contributed by atoms with Crippen LogP contribution in [-0.2, 0) is 30.0 Å². The number of halogens is 3. The summed E-state index contributed by atoms with van der Waals surface area (Å²) in [5.74, 6) is -5.30. The molecule has 2 aliphatic rings. The summed E-state index contributed by atoms with van der Waals surface area (Å²) >= 11 is 0. The van der Waals surface area contributed by atoms with Gasteiger partial charge < -0.3 is 19.5 Å². The van der Waals surface area contributed by atoms with Gasteiger partial charge in [-0.05, 0) is 56.5 Å². The Labute approximate surface area is 230 Å². The molecule has 0 saturated heterocycles. The highest BCUT2D eigenvalue weighted by molar-refractivity contribution is 6.13. The van der Waals surface area contributed by atoms with Crippen LogP contribution >= 0.6 is 0 Å². The first-order valence-electron chi connectivity index (χ1n) is 12.9. The normalized spacial score (nSPS) is 21.0. The quantitative estimate of drug-likeness (QED) is 0.359. The molecular weight excluding hydrogens is 527 g/mol. The van der Waals surface area contributed by atoms with Crippen LogP contribution < -0.4 is 10.1 Å². The first kappa shape index (κ1) is 28.9. The second-order valence-corrected chi connectivity index (χ2v) is 9.48. The molecule has 0 bridgehead atoms. The molecule has 40 heavy (non-hydrogen) atoms. The number of ketones is 1. The number of hydrogen-bond acceptors (Lipinski definition) is 7. The fourth-order valence-electron chi connectivity index (χ4n) is 5.52. The minimum absolute atomic E-state index is 0.00498. The van der Waals surface area contributed by atoms with E-state index in [-0.39, 0.29) is 42.0 Å². The maximum atomic E-state index is 14.3. The fraction of sp³-hybridized carbons (Fsp3) is 0.367. The number of methoxy groups -OCH3 is 1. The van der Waals surface area contributed by atoms with Gasteiger partial charge in [-0.1, -0.05) is 30.3 Å². The van der Waals surface area contributed by atoms with Gasteiger partial charge in [0.15, 0.2) is 5.78 Å². The molecule has 1 heterocycles. The third kappa shape index (κ3) is 5.35. The van der Waals surface area contributed by atoms with Crippen molar-refractivity contribution >= 4 is 17.7 Å². The van der Waals surface area contributed by atoms with Gasteiger partial charge in [0.1, 0.15) is 11.7 Å². The van der Waals surface area contributed by atoms with Crippen molar-refractivity contribution in [1.82, 2.24) is 5.32 Å². The van der Waals surface area contributed by atoms with Crippen molar-refractivity contribution in [2.24, 2.45) is 5.92 Å². The fourth-order valence-corrected chi connectivity index (χ4v) is 5.52. The molecule has 2 aromatic carbocycles. The van der Waals surface area contributed by atoms with E-state index in [2.05, 4.69) is 5.32 Å². The predicted octanol–water partition coefficient (Wildman–Crippen LogP) is 5.43. The van der Waals surface area contributed by atoms with Gasteiger partial charge >= 0.3 is 18.1 Å². The number of allylic oxidation sites excluding steroid dienone is 3. The van der Waals surface area contributed by atoms with E-state index in [4.69, 9.17) is 14.2 Å². The van der Waals surface area contributed by atoms with Crippen molar-refractivity contribution < 1.29 is 41.8 Å². The number of carbonyl (C=O) groups excluding carboxylic acids is 3. The maximum absolute atomic E-state index is 14.3. The molecule has 212 valence electrons. The van der Waals surface area contributed by atoms with Gasteiger partial charge in [-0.15, -0.1) is 0 Å². The molecule has 0 saturated carbocycles. The maximum Gasteiger partial charge on any atom is 0.416 e. The summed E-state index contributed by atoms with van der Waals surface area (Å²) in [6, 6.07) is 11.7. The molecule has 1 aliphatic carbocycles. The minimum Gasteiger partial charge on any atom is -0.497 e. The van der Waals surface area contributed by atoms with Crippen LogP contribution in [-0.4, -0.2) is 38.0 Å². The number of rotatable bonds is 7. The highest BCUT2D eigenvalue weighted by Crippen LogP contribution is 2.50. The average molecular weight is 558 g/mol. The highest BCUT2D eigenvalue weighted by Gasteiger charge is 2.50. The van der Waals surface area contributed by atoms with Gasteiger partial charge in [0, 0.05) is 28.8 Å². The van der Waals surface area contributed by atoms with Crippen LogP contribution in [0.3, 0.4) is 0 Å². The average Bonchev–Trinajstić information content (AvgIpc) is 2.91. The number of ether oxygens (including phenoxy) is 3. The van der Waals surface area contributed by atoms with Crippen molar-refractivity contribution in [3.63, 3.8) is 0 Å². The van der Waals surface area contributed by atoms with Crippen LogP contribution in [0.5, 0.6) is 5.75 Å². The zero-order valence-corrected chi connectivity index (χ0v) is 22.6. The lowest BCUT2D eigenvalue weighted by atomic mass is 9.66. The third-order valence-corrected chi connectivity index (χ3v) is 7.15. The standard InChI is InChI=1S/C30H30F3NO6/c1-5-39-28(36)23-16(3)34-22-15-20(17-10-9-11-18(14-17)38-4)25(29(37)40-6-2)27(35)26(22)24(23)19-12-7-8-13-21(19)30(31,32)33/h7-14,20,24-25,34H,5-6,15H2,1-4H3/t20-,24+,25+/m0/s1. The largest absolute Gasteiger partial charge is 0.497 e. The number of esters is 2. The van der Waals surface area contributed by atoms with Crippen LogP contribution in [0.2, 0.25) is 0 Å². The second kappa shape index (κ2) is 11.6. The van der Waals surface area contributed by atoms with E-state index < -0.39 is 47.2 Å². The minimum atomic E-state index is -4.77. The first-order chi connectivity index (χ1) is 19.0. The molecule has 10 heteroatoms. The lowest BCUT2D eigenvalue weighted by molar-refractivity contribution is -0.152. The second-order valence-electron chi connectivity index (χ2n) is 9.48. The van der Waals surface area contributed by atoms with Crippen LogP contribution in [0, 0.1) is 5.92 Å². The molecule has 0 aromatic heterocycles. The van der Waals surface area contributed by atoms with Crippen molar-refractivity contribution in [2.45, 2.75) is 45.2 Å². The summed E-state index contributed by atoms with van der Waals surface area (Å²) in [7, 11) is 1.49. The van der Waals surface area contributed by atoms with Crippen molar-refractivity contribution in [3.8, 4) is 5.75 Å². The van der Waals surface area contributed by atoms with E-state index in [0.717, 1.165) is 6.07 Å². The molecule has 0 fully saturated rings. The van der Waals surface area contributed by atoms with E-state index in [1.165, 1.54) is 25.3 Å². The van der Waals surface area contributed by atoms with Gasteiger partial charge in [-0.3, -0.25) is 9.59 Å². The summed E-state index contributed by atoms with van der Waals surface area (Å²) in [5, 5.41) is 3.09. The molecule has 0 spiro atoms. The zero-order chi connectivity index (χ0) is 29.2. The van der Waals surface area contributed by atoms with E-state index in [0.29, 0.717) is 17.0 Å². The molecule has 1 N–H and O–H groups in total. The Morgan fingerprint density at radius 1 is 1.02 bits per heavy atom. The molecule has 0 amide bonds. The number of nitrogens with one attached hydrogen (secondary N) is 1. The summed E-state index contributed by atoms with van der Waals surface area (Å²) in [4.78, 5) is 40.7. The SMILES string of the molecule is CCOC(=O)C1=C(C)NC2=C(C(=O)[C@H](C(=O)OCC)[C@H](c3cccc(OC)c3)C2)[C@@H]1c1ccccc1C(F)(F)F. The van der Waals surface area contributed by atoms with Gasteiger partial charge in [-0.2, -0.15) is 13.2 Å². The Morgan fingerprint density at radius 2 is 1.73 bits per heavy atom. The number of hydrogen-bond donors (Lipinski definition) is 1. The summed E-state index contributed by atoms with van der Waals surface area (Å²) in [5.41, 5.74) is -0.224. The molecular formula is C30H30F3NO6. The van der Waals surface area contributed by atoms with Gasteiger partial charge in [0.05, 0.1) is 31.5 Å². The number of carbonyl (C=O) groups is 3. The molecule has 2 aromatic rings. The Hall–Kier alpha value is -4.08. The van der Waals surface area contributed by atoms with Crippen molar-refractivity contribution in [3.05, 3.63) is 87.8 Å². The highest BCUT2D eigenvalue weighted by atomic mass is 19.4. The van der Waals surface area contributed by atoms with Crippen molar-refractivity contribution in [2.75, 3.05) is 20.3 Å².